The van der Waals surface area contributed by atoms with Crippen LogP contribution in [0.4, 0.5) is 13.6 Å². The van der Waals surface area contributed by atoms with E-state index in [1.807, 2.05) is 36.2 Å². The molecule has 3 fully saturated rings. The fraction of sp³-hybridized carbons (Fsp3) is 0.509. The number of rotatable bonds is 12. The summed E-state index contributed by atoms with van der Waals surface area (Å²) in [5, 5.41) is 13.7. The normalized spacial score (nSPS) is 16.0. The highest BCUT2D eigenvalue weighted by Gasteiger charge is 2.27. The SMILES string of the molecule is CC(C)COc1ccc(CNC(=O)N(Cc2ccc(F)cc2)C2CCN(C)CC2)cc1.CN1CCC(=O)CC1.CO.Cc1ccc(CNC2CCN(C)CC2)cc1.NCc1ccc(F)cc1. The molecule has 2 amide bonds. The number of ether oxygens (including phenoxy) is 1. The number of amides is 2. The Morgan fingerprint density at radius 2 is 1.15 bits per heavy atom. The molecule has 0 spiro atoms. The van der Waals surface area contributed by atoms with Crippen molar-refractivity contribution in [1.82, 2.24) is 30.2 Å². The molecular weight excluding hydrogens is 837 g/mol. The van der Waals surface area contributed by atoms with Crippen LogP contribution < -0.4 is 21.1 Å². The lowest BCUT2D eigenvalue weighted by molar-refractivity contribution is -0.121. The van der Waals surface area contributed by atoms with E-state index in [4.69, 9.17) is 15.6 Å². The number of carbonyl (C=O) groups excluding carboxylic acids is 2. The molecule has 364 valence electrons. The van der Waals surface area contributed by atoms with Gasteiger partial charge in [0.25, 0.3) is 0 Å². The van der Waals surface area contributed by atoms with Crippen molar-refractivity contribution in [2.45, 2.75) is 97.6 Å². The summed E-state index contributed by atoms with van der Waals surface area (Å²) >= 11 is 0. The molecule has 0 aromatic heterocycles. The summed E-state index contributed by atoms with van der Waals surface area (Å²) in [4.78, 5) is 32.5. The van der Waals surface area contributed by atoms with E-state index in [1.54, 1.807) is 24.3 Å². The number of aliphatic hydroxyl groups excluding tert-OH is 1. The van der Waals surface area contributed by atoms with E-state index < -0.39 is 0 Å². The number of piperidine rings is 3. The van der Waals surface area contributed by atoms with E-state index >= 15 is 0 Å². The van der Waals surface area contributed by atoms with Crippen LogP contribution in [0.5, 0.6) is 5.75 Å². The number of carbonyl (C=O) groups is 2. The van der Waals surface area contributed by atoms with Crippen LogP contribution in [0.3, 0.4) is 0 Å². The Bertz CT molecular complexity index is 1890. The minimum atomic E-state index is -0.264. The second-order valence-electron chi connectivity index (χ2n) is 17.9. The van der Waals surface area contributed by atoms with Gasteiger partial charge in [0.2, 0.25) is 0 Å². The van der Waals surface area contributed by atoms with Crippen LogP contribution in [0.25, 0.3) is 0 Å². The summed E-state index contributed by atoms with van der Waals surface area (Å²) in [6.45, 7) is 15.8. The molecule has 11 nitrogen and oxygen atoms in total. The number of Topliss-reactive ketones (excluding diaryl/α,β-unsaturated/α-hetero) is 1. The first-order valence-electron chi connectivity index (χ1n) is 23.5. The number of benzene rings is 4. The molecule has 0 aliphatic carbocycles. The van der Waals surface area contributed by atoms with Gasteiger partial charge in [0.1, 0.15) is 23.2 Å². The highest BCUT2D eigenvalue weighted by molar-refractivity contribution is 5.79. The second kappa shape index (κ2) is 31.3. The van der Waals surface area contributed by atoms with Gasteiger partial charge in [0.05, 0.1) is 6.61 Å². The highest BCUT2D eigenvalue weighted by atomic mass is 19.1. The van der Waals surface area contributed by atoms with Crippen molar-refractivity contribution in [3.63, 3.8) is 0 Å². The summed E-state index contributed by atoms with van der Waals surface area (Å²) in [7, 11) is 7.36. The zero-order chi connectivity index (χ0) is 48.3. The Balaban J connectivity index is 0.000000271. The summed E-state index contributed by atoms with van der Waals surface area (Å²) in [5.74, 6) is 1.26. The van der Waals surface area contributed by atoms with Crippen LogP contribution in [-0.2, 0) is 31.0 Å². The standard InChI is InChI=1S/C25H34FN3O2.C14H22N2.C7H8FN.C6H11NO.CH4O/c1-19(2)18-31-24-10-6-20(7-11-24)16-27-25(30)29(23-12-14-28(3)15-13-23)17-21-4-8-22(26)9-5-21;1-12-3-5-13(6-4-12)11-15-14-7-9-16(2)10-8-14;8-7-3-1-6(5-9)2-4-7;1-7-4-2-6(8)3-5-7;1-2/h4-11,19,23H,12-18H2,1-3H3,(H,27,30);3-6,14-15H,7-11H2,1-2H3;1-4H,5,9H2;2-5H2,1H3;2H,1H3. The van der Waals surface area contributed by atoms with Crippen molar-refractivity contribution in [3.05, 3.63) is 137 Å². The van der Waals surface area contributed by atoms with Crippen LogP contribution in [-0.4, -0.2) is 123 Å². The van der Waals surface area contributed by atoms with Gasteiger partial charge in [-0.1, -0.05) is 80.1 Å². The van der Waals surface area contributed by atoms with E-state index in [2.05, 4.69) is 84.5 Å². The highest BCUT2D eigenvalue weighted by Crippen LogP contribution is 2.20. The molecule has 66 heavy (non-hydrogen) atoms. The molecule has 3 saturated heterocycles. The lowest BCUT2D eigenvalue weighted by Crippen LogP contribution is -2.49. The number of nitrogens with one attached hydrogen (secondary N) is 2. The lowest BCUT2D eigenvalue weighted by Gasteiger charge is -2.37. The largest absolute Gasteiger partial charge is 0.493 e. The van der Waals surface area contributed by atoms with Crippen molar-refractivity contribution < 1.29 is 28.2 Å². The molecule has 7 rings (SSSR count). The van der Waals surface area contributed by atoms with Crippen LogP contribution in [0.2, 0.25) is 0 Å². The van der Waals surface area contributed by atoms with Crippen LogP contribution >= 0.6 is 0 Å². The van der Waals surface area contributed by atoms with Crippen molar-refractivity contribution in [2.24, 2.45) is 11.7 Å². The summed E-state index contributed by atoms with van der Waals surface area (Å²) in [6.07, 6.45) is 5.96. The van der Waals surface area contributed by atoms with Crippen LogP contribution in [0.1, 0.15) is 80.2 Å². The van der Waals surface area contributed by atoms with Crippen LogP contribution in [0.15, 0.2) is 97.1 Å². The number of nitrogens with zero attached hydrogens (tertiary/aromatic N) is 4. The Kier molecular flexibility index (Phi) is 26.3. The van der Waals surface area contributed by atoms with Gasteiger partial charge >= 0.3 is 6.03 Å². The molecule has 13 heteroatoms. The average Bonchev–Trinajstić information content (AvgIpc) is 3.33. The van der Waals surface area contributed by atoms with Gasteiger partial charge in [-0.05, 0) is 144 Å². The monoisotopic (exact) mass is 916 g/mol. The summed E-state index contributed by atoms with van der Waals surface area (Å²) < 4.78 is 31.2. The Morgan fingerprint density at radius 3 is 1.65 bits per heavy atom. The number of hydrogen-bond acceptors (Lipinski definition) is 9. The maximum atomic E-state index is 13.3. The molecule has 3 aliphatic rings. The number of urea groups is 1. The Labute approximate surface area is 394 Å². The molecule has 5 N–H and O–H groups in total. The second-order valence-corrected chi connectivity index (χ2v) is 17.9. The number of aliphatic hydroxyl groups is 1. The van der Waals surface area contributed by atoms with Gasteiger partial charge in [0, 0.05) is 71.3 Å². The smallest absolute Gasteiger partial charge is 0.318 e. The molecule has 4 aromatic rings. The van der Waals surface area contributed by atoms with Crippen molar-refractivity contribution in [1.29, 1.82) is 0 Å². The number of likely N-dealkylation sites (tertiary alicyclic amines) is 3. The van der Waals surface area contributed by atoms with Crippen molar-refractivity contribution in [2.75, 3.05) is 74.1 Å². The van der Waals surface area contributed by atoms with Gasteiger partial charge < -0.3 is 45.8 Å². The molecule has 0 radical (unpaired) electrons. The van der Waals surface area contributed by atoms with Gasteiger partial charge in [0.15, 0.2) is 0 Å². The average molecular weight is 916 g/mol. The first-order valence-corrected chi connectivity index (χ1v) is 23.5. The zero-order valence-electron chi connectivity index (χ0n) is 40.8. The Morgan fingerprint density at radius 1 is 0.697 bits per heavy atom. The van der Waals surface area contributed by atoms with E-state index in [0.29, 0.717) is 44.0 Å². The van der Waals surface area contributed by atoms with E-state index in [0.717, 1.165) is 88.0 Å². The number of nitrogens with two attached hydrogens (primary N) is 1. The van der Waals surface area contributed by atoms with Crippen LogP contribution in [0, 0.1) is 24.5 Å². The molecule has 0 bridgehead atoms. The van der Waals surface area contributed by atoms with E-state index in [1.165, 1.54) is 61.3 Å². The third-order valence-electron chi connectivity index (χ3n) is 11.7. The molecule has 4 aromatic carbocycles. The predicted octanol–water partition coefficient (Wildman–Crippen LogP) is 8.02. The molecule has 3 heterocycles. The maximum absolute atomic E-state index is 13.3. The lowest BCUT2D eigenvalue weighted by atomic mass is 10.0. The Hall–Kier alpha value is -4.76. The molecule has 3 aliphatic heterocycles. The molecule has 0 atom stereocenters. The minimum Gasteiger partial charge on any atom is -0.493 e. The molecule has 0 saturated carbocycles. The maximum Gasteiger partial charge on any atom is 0.318 e. The molecular formula is C53H79F2N7O4. The quantitative estimate of drug-likeness (QED) is 0.112. The number of aryl methyl sites for hydroxylation is 1. The van der Waals surface area contributed by atoms with Gasteiger partial charge in [-0.2, -0.15) is 0 Å². The van der Waals surface area contributed by atoms with Gasteiger partial charge in [-0.3, -0.25) is 4.79 Å². The van der Waals surface area contributed by atoms with Gasteiger partial charge in [-0.25, -0.2) is 13.6 Å². The third kappa shape index (κ3) is 22.6. The van der Waals surface area contributed by atoms with Gasteiger partial charge in [-0.15, -0.1) is 0 Å². The first kappa shape index (κ1) is 55.6. The summed E-state index contributed by atoms with van der Waals surface area (Å²) in [6, 6.07) is 30.0. The third-order valence-corrected chi connectivity index (χ3v) is 11.7. The molecule has 0 unspecified atom stereocenters. The minimum absolute atomic E-state index is 0.0842. The predicted molar refractivity (Wildman–Crippen MR) is 264 cm³/mol. The number of hydrogen-bond donors (Lipinski definition) is 4. The zero-order valence-corrected chi connectivity index (χ0v) is 40.8. The topological polar surface area (TPSA) is 127 Å². The fourth-order valence-corrected chi connectivity index (χ4v) is 7.37. The fourth-order valence-electron chi connectivity index (χ4n) is 7.37. The number of halogens is 2. The van der Waals surface area contributed by atoms with E-state index in [9.17, 15) is 18.4 Å². The summed E-state index contributed by atoms with van der Waals surface area (Å²) in [5.41, 5.74) is 10.9. The first-order chi connectivity index (χ1) is 31.8. The van der Waals surface area contributed by atoms with Crippen molar-refractivity contribution in [3.8, 4) is 5.75 Å². The van der Waals surface area contributed by atoms with Crippen molar-refractivity contribution >= 4 is 11.8 Å². The number of ketones is 1. The van der Waals surface area contributed by atoms with E-state index in [-0.39, 0.29) is 23.7 Å².